The lowest BCUT2D eigenvalue weighted by Gasteiger charge is -2.28. The Morgan fingerprint density at radius 1 is 0.815 bits per heavy atom. The summed E-state index contributed by atoms with van der Waals surface area (Å²) < 4.78 is 13.2. The normalized spacial score (nSPS) is 12.0. The molecule has 3 rings (SSSR count). The number of amides is 1. The zero-order chi connectivity index (χ0) is 19.2. The van der Waals surface area contributed by atoms with Crippen molar-refractivity contribution in [3.8, 4) is 0 Å². The predicted molar refractivity (Wildman–Crippen MR) is 107 cm³/mol. The van der Waals surface area contributed by atoms with Crippen LogP contribution in [0.25, 0.3) is 0 Å². The average Bonchev–Trinajstić information content (AvgIpc) is 2.72. The van der Waals surface area contributed by atoms with Crippen LogP contribution in [-0.4, -0.2) is 17.9 Å². The number of nitrogens with zero attached hydrogens (tertiary/aromatic N) is 1. The topological polar surface area (TPSA) is 20.3 Å². The van der Waals surface area contributed by atoms with E-state index in [9.17, 15) is 9.18 Å². The fraction of sp³-hybridized carbons (Fsp3) is 0.208. The van der Waals surface area contributed by atoms with Crippen LogP contribution in [0.5, 0.6) is 0 Å². The third-order valence-corrected chi connectivity index (χ3v) is 5.11. The molecule has 1 atom stereocenters. The van der Waals surface area contributed by atoms with Gasteiger partial charge in [0.15, 0.2) is 0 Å². The van der Waals surface area contributed by atoms with Gasteiger partial charge in [-0.15, -0.1) is 0 Å². The second kappa shape index (κ2) is 8.63. The third kappa shape index (κ3) is 4.62. The molecule has 27 heavy (non-hydrogen) atoms. The van der Waals surface area contributed by atoms with Gasteiger partial charge in [0.25, 0.3) is 0 Å². The molecule has 3 aromatic carbocycles. The Balaban J connectivity index is 1.80. The largest absolute Gasteiger partial charge is 0.339 e. The minimum Gasteiger partial charge on any atom is -0.339 e. The Hall–Kier alpha value is -2.94. The van der Waals surface area contributed by atoms with E-state index in [1.54, 1.807) is 17.0 Å². The number of hydrogen-bond acceptors (Lipinski definition) is 1. The molecule has 1 unspecified atom stereocenters. The van der Waals surface area contributed by atoms with Crippen LogP contribution in [0.2, 0.25) is 0 Å². The van der Waals surface area contributed by atoms with Crippen LogP contribution in [0.15, 0.2) is 84.9 Å². The Morgan fingerprint density at radius 3 is 1.78 bits per heavy atom. The Morgan fingerprint density at radius 2 is 1.30 bits per heavy atom. The van der Waals surface area contributed by atoms with Crippen molar-refractivity contribution in [2.75, 3.05) is 7.05 Å². The second-order valence-corrected chi connectivity index (χ2v) is 6.81. The van der Waals surface area contributed by atoms with Crippen LogP contribution in [-0.2, 0) is 4.79 Å². The first-order valence-electron chi connectivity index (χ1n) is 9.17. The highest BCUT2D eigenvalue weighted by atomic mass is 19.1. The van der Waals surface area contributed by atoms with Gasteiger partial charge in [-0.3, -0.25) is 4.79 Å². The summed E-state index contributed by atoms with van der Waals surface area (Å²) in [5.74, 6) is -0.208. The summed E-state index contributed by atoms with van der Waals surface area (Å²) in [6, 6.07) is 26.4. The molecule has 0 heterocycles. The van der Waals surface area contributed by atoms with E-state index in [1.807, 2.05) is 50.4 Å². The Bertz CT molecular complexity index is 822. The van der Waals surface area contributed by atoms with Crippen LogP contribution in [0, 0.1) is 5.82 Å². The minimum atomic E-state index is -0.270. The molecule has 0 saturated carbocycles. The van der Waals surface area contributed by atoms with E-state index in [0.717, 1.165) is 16.7 Å². The lowest BCUT2D eigenvalue weighted by Crippen LogP contribution is -2.31. The van der Waals surface area contributed by atoms with Crippen molar-refractivity contribution in [1.29, 1.82) is 0 Å². The summed E-state index contributed by atoms with van der Waals surface area (Å²) in [5, 5.41) is 0. The predicted octanol–water partition coefficient (Wildman–Crippen LogP) is 5.57. The molecular formula is C24H24FNO. The Labute approximate surface area is 160 Å². The summed E-state index contributed by atoms with van der Waals surface area (Å²) in [6.07, 6.45) is 0.385. The maximum Gasteiger partial charge on any atom is 0.223 e. The number of halogens is 1. The molecule has 0 bridgehead atoms. The molecule has 0 radical (unpaired) electrons. The molecular weight excluding hydrogens is 337 g/mol. The standard InChI is InChI=1S/C24H24FNO/c1-18(19-13-15-22(25)16-14-19)26(2)24(27)17-23(20-9-5-3-6-10-20)21-11-7-4-8-12-21/h3-16,18,23H,17H2,1-2H3. The molecule has 0 N–H and O–H groups in total. The van der Waals surface area contributed by atoms with Crippen LogP contribution < -0.4 is 0 Å². The molecule has 0 saturated heterocycles. The summed E-state index contributed by atoms with van der Waals surface area (Å²) in [6.45, 7) is 1.96. The van der Waals surface area contributed by atoms with E-state index >= 15 is 0 Å². The molecule has 0 aliphatic rings. The van der Waals surface area contributed by atoms with Gasteiger partial charge in [-0.25, -0.2) is 4.39 Å². The van der Waals surface area contributed by atoms with E-state index in [-0.39, 0.29) is 23.7 Å². The van der Waals surface area contributed by atoms with Gasteiger partial charge in [0.1, 0.15) is 5.82 Å². The van der Waals surface area contributed by atoms with Crippen molar-refractivity contribution < 1.29 is 9.18 Å². The molecule has 2 nitrogen and oxygen atoms in total. The smallest absolute Gasteiger partial charge is 0.223 e. The summed E-state index contributed by atoms with van der Waals surface area (Å²) >= 11 is 0. The number of rotatable bonds is 6. The maximum absolute atomic E-state index is 13.2. The summed E-state index contributed by atoms with van der Waals surface area (Å²) in [5.41, 5.74) is 3.17. The van der Waals surface area contributed by atoms with E-state index in [2.05, 4.69) is 24.3 Å². The molecule has 0 fully saturated rings. The fourth-order valence-electron chi connectivity index (χ4n) is 3.30. The van der Waals surface area contributed by atoms with Crippen molar-refractivity contribution in [3.05, 3.63) is 107 Å². The van der Waals surface area contributed by atoms with Crippen molar-refractivity contribution >= 4 is 5.91 Å². The highest BCUT2D eigenvalue weighted by Crippen LogP contribution is 2.30. The molecule has 0 aliphatic heterocycles. The first-order chi connectivity index (χ1) is 13.1. The van der Waals surface area contributed by atoms with E-state index in [0.29, 0.717) is 6.42 Å². The zero-order valence-electron chi connectivity index (χ0n) is 15.7. The molecule has 138 valence electrons. The van der Waals surface area contributed by atoms with Gasteiger partial charge >= 0.3 is 0 Å². The van der Waals surface area contributed by atoms with Gasteiger partial charge < -0.3 is 4.90 Å². The zero-order valence-corrected chi connectivity index (χ0v) is 15.7. The fourth-order valence-corrected chi connectivity index (χ4v) is 3.30. The second-order valence-electron chi connectivity index (χ2n) is 6.81. The number of benzene rings is 3. The van der Waals surface area contributed by atoms with Gasteiger partial charge in [0.2, 0.25) is 5.91 Å². The number of carbonyl (C=O) groups excluding carboxylic acids is 1. The van der Waals surface area contributed by atoms with Gasteiger partial charge in [-0.1, -0.05) is 72.8 Å². The molecule has 0 aromatic heterocycles. The number of carbonyl (C=O) groups is 1. The minimum absolute atomic E-state index is 0.00256. The lowest BCUT2D eigenvalue weighted by molar-refractivity contribution is -0.132. The number of hydrogen-bond donors (Lipinski definition) is 0. The monoisotopic (exact) mass is 361 g/mol. The Kier molecular flexibility index (Phi) is 6.02. The third-order valence-electron chi connectivity index (χ3n) is 5.11. The summed E-state index contributed by atoms with van der Waals surface area (Å²) in [4.78, 5) is 14.8. The summed E-state index contributed by atoms with van der Waals surface area (Å²) in [7, 11) is 1.81. The van der Waals surface area contributed by atoms with E-state index in [1.165, 1.54) is 12.1 Å². The van der Waals surface area contributed by atoms with Gasteiger partial charge in [-0.2, -0.15) is 0 Å². The van der Waals surface area contributed by atoms with Crippen molar-refractivity contribution in [3.63, 3.8) is 0 Å². The molecule has 0 aliphatic carbocycles. The maximum atomic E-state index is 13.2. The molecule has 3 heteroatoms. The van der Waals surface area contributed by atoms with Crippen LogP contribution in [0.1, 0.15) is 42.0 Å². The SMILES string of the molecule is CC(c1ccc(F)cc1)N(C)C(=O)CC(c1ccccc1)c1ccccc1. The van der Waals surface area contributed by atoms with Gasteiger partial charge in [0.05, 0.1) is 6.04 Å². The first-order valence-corrected chi connectivity index (χ1v) is 9.17. The van der Waals surface area contributed by atoms with Crippen molar-refractivity contribution in [2.24, 2.45) is 0 Å². The van der Waals surface area contributed by atoms with E-state index < -0.39 is 0 Å². The molecule has 0 spiro atoms. The van der Waals surface area contributed by atoms with E-state index in [4.69, 9.17) is 0 Å². The van der Waals surface area contributed by atoms with Crippen molar-refractivity contribution in [2.45, 2.75) is 25.3 Å². The van der Waals surface area contributed by atoms with Crippen LogP contribution in [0.4, 0.5) is 4.39 Å². The van der Waals surface area contributed by atoms with Crippen LogP contribution >= 0.6 is 0 Å². The highest BCUT2D eigenvalue weighted by Gasteiger charge is 2.23. The quantitative estimate of drug-likeness (QED) is 0.562. The van der Waals surface area contributed by atoms with Crippen molar-refractivity contribution in [1.82, 2.24) is 4.90 Å². The van der Waals surface area contributed by atoms with Gasteiger partial charge in [0, 0.05) is 19.4 Å². The van der Waals surface area contributed by atoms with Crippen LogP contribution in [0.3, 0.4) is 0 Å². The highest BCUT2D eigenvalue weighted by molar-refractivity contribution is 5.78. The average molecular weight is 361 g/mol. The van der Waals surface area contributed by atoms with Gasteiger partial charge in [-0.05, 0) is 35.7 Å². The molecule has 3 aromatic rings. The molecule has 1 amide bonds. The lowest BCUT2D eigenvalue weighted by atomic mass is 9.88. The first kappa shape index (κ1) is 18.8.